The van der Waals surface area contributed by atoms with Crippen LogP contribution >= 0.6 is 0 Å². The van der Waals surface area contributed by atoms with E-state index in [1.54, 1.807) is 6.07 Å². The lowest BCUT2D eigenvalue weighted by atomic mass is 10.1. The van der Waals surface area contributed by atoms with Gasteiger partial charge in [0.25, 0.3) is 5.91 Å². The normalized spacial score (nSPS) is 9.50. The third kappa shape index (κ3) is 1.82. The number of amides is 1. The molecule has 1 aromatic carbocycles. The zero-order valence-electron chi connectivity index (χ0n) is 7.70. The van der Waals surface area contributed by atoms with Gasteiger partial charge in [-0.2, -0.15) is 0 Å². The molecule has 0 heterocycles. The highest BCUT2D eigenvalue weighted by Gasteiger charge is 2.09. The van der Waals surface area contributed by atoms with Crippen molar-refractivity contribution in [1.82, 2.24) is 0 Å². The zero-order valence-corrected chi connectivity index (χ0v) is 7.70. The number of nitrogens with one attached hydrogen (secondary N) is 1. The second-order valence-electron chi connectivity index (χ2n) is 2.69. The van der Waals surface area contributed by atoms with Crippen molar-refractivity contribution in [3.63, 3.8) is 0 Å². The molecule has 1 rings (SSSR count). The number of methoxy groups -OCH3 is 1. The summed E-state index contributed by atoms with van der Waals surface area (Å²) >= 11 is 0. The molecule has 0 saturated carbocycles. The fourth-order valence-electron chi connectivity index (χ4n) is 1.06. The van der Waals surface area contributed by atoms with E-state index in [4.69, 9.17) is 21.6 Å². The minimum atomic E-state index is -0.572. The standard InChI is InChI=1S/C9H11N3O2/c1-14-7-4-5(8(10)11)2-3-6(7)9(12)13/h2-4H,1H3,(H3,10,11)(H2,12,13). The van der Waals surface area contributed by atoms with Gasteiger partial charge >= 0.3 is 0 Å². The molecule has 0 aliphatic heterocycles. The number of carbonyl (C=O) groups excluding carboxylic acids is 1. The topological polar surface area (TPSA) is 102 Å². The molecule has 0 aromatic heterocycles. The SMILES string of the molecule is COc1cc(C(=N)N)ccc1C(N)=O. The van der Waals surface area contributed by atoms with Crippen LogP contribution in [0, 0.1) is 5.41 Å². The third-order valence-corrected chi connectivity index (χ3v) is 1.78. The van der Waals surface area contributed by atoms with E-state index in [0.29, 0.717) is 11.3 Å². The molecule has 74 valence electrons. The van der Waals surface area contributed by atoms with Gasteiger partial charge in [0.1, 0.15) is 11.6 Å². The highest BCUT2D eigenvalue weighted by Crippen LogP contribution is 2.19. The van der Waals surface area contributed by atoms with Crippen LogP contribution in [0.2, 0.25) is 0 Å². The number of ether oxygens (including phenoxy) is 1. The van der Waals surface area contributed by atoms with Gasteiger partial charge < -0.3 is 16.2 Å². The molecule has 0 aliphatic rings. The van der Waals surface area contributed by atoms with Crippen LogP contribution in [0.25, 0.3) is 0 Å². The lowest BCUT2D eigenvalue weighted by Crippen LogP contribution is -2.15. The maximum atomic E-state index is 10.9. The highest BCUT2D eigenvalue weighted by molar-refractivity contribution is 5.99. The summed E-state index contributed by atoms with van der Waals surface area (Å²) in [5.74, 6) is -0.332. The van der Waals surface area contributed by atoms with Crippen molar-refractivity contribution in [2.75, 3.05) is 7.11 Å². The van der Waals surface area contributed by atoms with E-state index >= 15 is 0 Å². The third-order valence-electron chi connectivity index (χ3n) is 1.78. The molecular formula is C9H11N3O2. The average molecular weight is 193 g/mol. The zero-order chi connectivity index (χ0) is 10.7. The fraction of sp³-hybridized carbons (Fsp3) is 0.111. The monoisotopic (exact) mass is 193 g/mol. The van der Waals surface area contributed by atoms with Crippen LogP contribution in [0.1, 0.15) is 15.9 Å². The number of hydrogen-bond acceptors (Lipinski definition) is 3. The minimum absolute atomic E-state index is 0.0840. The van der Waals surface area contributed by atoms with Gasteiger partial charge in [-0.3, -0.25) is 10.2 Å². The van der Waals surface area contributed by atoms with E-state index in [1.165, 1.54) is 19.2 Å². The van der Waals surface area contributed by atoms with Gasteiger partial charge in [-0.1, -0.05) is 6.07 Å². The van der Waals surface area contributed by atoms with Crippen molar-refractivity contribution in [2.24, 2.45) is 11.5 Å². The Morgan fingerprint density at radius 2 is 2.07 bits per heavy atom. The maximum absolute atomic E-state index is 10.9. The van der Waals surface area contributed by atoms with Crippen molar-refractivity contribution < 1.29 is 9.53 Å². The van der Waals surface area contributed by atoms with Crippen molar-refractivity contribution in [2.45, 2.75) is 0 Å². The van der Waals surface area contributed by atoms with E-state index in [-0.39, 0.29) is 11.4 Å². The Hall–Kier alpha value is -2.04. The molecule has 0 radical (unpaired) electrons. The van der Waals surface area contributed by atoms with Crippen LogP contribution in [0.3, 0.4) is 0 Å². The van der Waals surface area contributed by atoms with Gasteiger partial charge in [0.2, 0.25) is 0 Å². The lowest BCUT2D eigenvalue weighted by molar-refractivity contribution is 0.0997. The summed E-state index contributed by atoms with van der Waals surface area (Å²) in [5, 5.41) is 7.19. The highest BCUT2D eigenvalue weighted by atomic mass is 16.5. The first-order valence-electron chi connectivity index (χ1n) is 3.88. The minimum Gasteiger partial charge on any atom is -0.496 e. The number of primary amides is 1. The second kappa shape index (κ2) is 3.78. The largest absolute Gasteiger partial charge is 0.496 e. The summed E-state index contributed by atoms with van der Waals surface area (Å²) in [6, 6.07) is 4.53. The second-order valence-corrected chi connectivity index (χ2v) is 2.69. The van der Waals surface area contributed by atoms with Crippen molar-refractivity contribution in [3.8, 4) is 5.75 Å². The van der Waals surface area contributed by atoms with Gasteiger partial charge in [-0.25, -0.2) is 0 Å². The van der Waals surface area contributed by atoms with Crippen LogP contribution in [-0.2, 0) is 0 Å². The van der Waals surface area contributed by atoms with Gasteiger partial charge in [0, 0.05) is 5.56 Å². The van der Waals surface area contributed by atoms with Crippen LogP contribution in [0.15, 0.2) is 18.2 Å². The molecule has 0 aliphatic carbocycles. The van der Waals surface area contributed by atoms with E-state index in [2.05, 4.69) is 0 Å². The van der Waals surface area contributed by atoms with Gasteiger partial charge in [-0.05, 0) is 12.1 Å². The number of carbonyl (C=O) groups is 1. The fourth-order valence-corrected chi connectivity index (χ4v) is 1.06. The molecule has 1 amide bonds. The smallest absolute Gasteiger partial charge is 0.252 e. The quantitative estimate of drug-likeness (QED) is 0.467. The van der Waals surface area contributed by atoms with E-state index in [0.717, 1.165) is 0 Å². The molecule has 0 saturated heterocycles. The molecule has 0 unspecified atom stereocenters. The molecule has 5 nitrogen and oxygen atoms in total. The van der Waals surface area contributed by atoms with Crippen molar-refractivity contribution in [3.05, 3.63) is 29.3 Å². The first-order valence-corrected chi connectivity index (χ1v) is 3.88. The Morgan fingerprint density at radius 1 is 1.43 bits per heavy atom. The molecule has 5 N–H and O–H groups in total. The predicted octanol–water partition coefficient (Wildman–Crippen LogP) is 0.0782. The summed E-state index contributed by atoms with van der Waals surface area (Å²) in [7, 11) is 1.42. The van der Waals surface area contributed by atoms with Crippen LogP contribution in [-0.4, -0.2) is 18.9 Å². The average Bonchev–Trinajstić information content (AvgIpc) is 2.16. The molecule has 0 spiro atoms. The molecular weight excluding hydrogens is 182 g/mol. The Morgan fingerprint density at radius 3 is 2.50 bits per heavy atom. The van der Waals surface area contributed by atoms with Crippen LogP contribution < -0.4 is 16.2 Å². The number of amidine groups is 1. The lowest BCUT2D eigenvalue weighted by Gasteiger charge is -2.07. The Labute approximate surface area is 81.2 Å². The van der Waals surface area contributed by atoms with Gasteiger partial charge in [0.05, 0.1) is 12.7 Å². The van der Waals surface area contributed by atoms with E-state index in [1.807, 2.05) is 0 Å². The Kier molecular flexibility index (Phi) is 2.71. The Balaban J connectivity index is 3.25. The predicted molar refractivity (Wildman–Crippen MR) is 52.5 cm³/mol. The molecule has 1 aromatic rings. The van der Waals surface area contributed by atoms with Crippen molar-refractivity contribution >= 4 is 11.7 Å². The number of hydrogen-bond donors (Lipinski definition) is 3. The summed E-state index contributed by atoms with van der Waals surface area (Å²) in [4.78, 5) is 10.9. The number of benzene rings is 1. The summed E-state index contributed by atoms with van der Waals surface area (Å²) in [6.45, 7) is 0. The molecule has 0 bridgehead atoms. The number of nitrogens with two attached hydrogens (primary N) is 2. The summed E-state index contributed by atoms with van der Waals surface area (Å²) < 4.78 is 4.94. The summed E-state index contributed by atoms with van der Waals surface area (Å²) in [6.07, 6.45) is 0. The number of nitrogen functional groups attached to an aromatic ring is 1. The Bertz CT molecular complexity index is 388. The first-order chi connectivity index (χ1) is 6.56. The van der Waals surface area contributed by atoms with E-state index in [9.17, 15) is 4.79 Å². The molecule has 0 fully saturated rings. The van der Waals surface area contributed by atoms with Crippen LogP contribution in [0.4, 0.5) is 0 Å². The number of rotatable bonds is 3. The van der Waals surface area contributed by atoms with Crippen LogP contribution in [0.5, 0.6) is 5.75 Å². The van der Waals surface area contributed by atoms with E-state index < -0.39 is 5.91 Å². The van der Waals surface area contributed by atoms with Gasteiger partial charge in [0.15, 0.2) is 0 Å². The first kappa shape index (κ1) is 10.0. The molecule has 14 heavy (non-hydrogen) atoms. The molecule has 0 atom stereocenters. The maximum Gasteiger partial charge on any atom is 0.252 e. The molecule has 5 heteroatoms. The van der Waals surface area contributed by atoms with Gasteiger partial charge in [-0.15, -0.1) is 0 Å². The van der Waals surface area contributed by atoms with Crippen molar-refractivity contribution in [1.29, 1.82) is 5.41 Å². The summed E-state index contributed by atoms with van der Waals surface area (Å²) in [5.41, 5.74) is 11.2.